The molecule has 86 valence electrons. The fourth-order valence-corrected chi connectivity index (χ4v) is 1.89. The van der Waals surface area contributed by atoms with Gasteiger partial charge in [-0.1, -0.05) is 27.7 Å². The van der Waals surface area contributed by atoms with Crippen LogP contribution in [0.5, 0.6) is 0 Å². The molecule has 0 bridgehead atoms. The summed E-state index contributed by atoms with van der Waals surface area (Å²) in [6.07, 6.45) is 2.39. The van der Waals surface area contributed by atoms with Crippen LogP contribution in [0.1, 0.15) is 40.5 Å². The van der Waals surface area contributed by atoms with Gasteiger partial charge in [-0.3, -0.25) is 0 Å². The molecule has 0 saturated carbocycles. The standard InChI is InChI=1S/C12H27NO/c1-6-8-13-12(7-2)11(9-14-5)10(3)4/h10-13H,6-9H2,1-5H3. The number of rotatable bonds is 8. The van der Waals surface area contributed by atoms with Gasteiger partial charge in [-0.2, -0.15) is 0 Å². The van der Waals surface area contributed by atoms with Gasteiger partial charge in [-0.15, -0.1) is 0 Å². The van der Waals surface area contributed by atoms with E-state index in [4.69, 9.17) is 4.74 Å². The summed E-state index contributed by atoms with van der Waals surface area (Å²) in [6.45, 7) is 11.0. The van der Waals surface area contributed by atoms with Crippen LogP contribution < -0.4 is 5.32 Å². The molecule has 0 aromatic carbocycles. The number of hydrogen-bond donors (Lipinski definition) is 1. The Kier molecular flexibility index (Phi) is 8.20. The molecule has 0 spiro atoms. The van der Waals surface area contributed by atoms with Gasteiger partial charge in [0.05, 0.1) is 6.61 Å². The molecule has 2 unspecified atom stereocenters. The van der Waals surface area contributed by atoms with Crippen molar-refractivity contribution in [3.63, 3.8) is 0 Å². The van der Waals surface area contributed by atoms with Crippen molar-refractivity contribution in [2.45, 2.75) is 46.6 Å². The maximum Gasteiger partial charge on any atom is 0.0507 e. The molecule has 0 aromatic rings. The van der Waals surface area contributed by atoms with Gasteiger partial charge in [0.1, 0.15) is 0 Å². The third-order valence-electron chi connectivity index (χ3n) is 2.83. The molecule has 0 aliphatic heterocycles. The van der Waals surface area contributed by atoms with Crippen LogP contribution in [-0.4, -0.2) is 26.3 Å². The highest BCUT2D eigenvalue weighted by molar-refractivity contribution is 4.77. The van der Waals surface area contributed by atoms with Crippen molar-refractivity contribution in [2.75, 3.05) is 20.3 Å². The first-order valence-corrected chi connectivity index (χ1v) is 5.89. The van der Waals surface area contributed by atoms with Crippen LogP contribution in [0.3, 0.4) is 0 Å². The lowest BCUT2D eigenvalue weighted by Crippen LogP contribution is -2.40. The summed E-state index contributed by atoms with van der Waals surface area (Å²) in [5.41, 5.74) is 0. The smallest absolute Gasteiger partial charge is 0.0507 e. The van der Waals surface area contributed by atoms with Gasteiger partial charge < -0.3 is 10.1 Å². The van der Waals surface area contributed by atoms with Crippen molar-refractivity contribution >= 4 is 0 Å². The van der Waals surface area contributed by atoms with Crippen LogP contribution in [-0.2, 0) is 4.74 Å². The molecule has 0 heterocycles. The lowest BCUT2D eigenvalue weighted by molar-refractivity contribution is 0.103. The van der Waals surface area contributed by atoms with Crippen LogP contribution in [0, 0.1) is 11.8 Å². The van der Waals surface area contributed by atoms with E-state index >= 15 is 0 Å². The number of ether oxygens (including phenoxy) is 1. The fraction of sp³-hybridized carbons (Fsp3) is 1.00. The maximum absolute atomic E-state index is 5.29. The lowest BCUT2D eigenvalue weighted by Gasteiger charge is -2.29. The first kappa shape index (κ1) is 13.9. The van der Waals surface area contributed by atoms with Gasteiger partial charge in [0.15, 0.2) is 0 Å². The molecule has 0 saturated heterocycles. The van der Waals surface area contributed by atoms with Gasteiger partial charge in [0, 0.05) is 13.2 Å². The first-order valence-electron chi connectivity index (χ1n) is 5.89. The van der Waals surface area contributed by atoms with Crippen LogP contribution >= 0.6 is 0 Å². The molecule has 0 fully saturated rings. The minimum atomic E-state index is 0.606. The third kappa shape index (κ3) is 4.97. The Morgan fingerprint density at radius 3 is 2.21 bits per heavy atom. The third-order valence-corrected chi connectivity index (χ3v) is 2.83. The SMILES string of the molecule is CCCNC(CC)C(COC)C(C)C. The van der Waals surface area contributed by atoms with Crippen LogP contribution in [0.25, 0.3) is 0 Å². The highest BCUT2D eigenvalue weighted by atomic mass is 16.5. The summed E-state index contributed by atoms with van der Waals surface area (Å²) in [5, 5.41) is 3.61. The predicted octanol–water partition coefficient (Wildman–Crippen LogP) is 2.68. The highest BCUT2D eigenvalue weighted by Crippen LogP contribution is 2.18. The van der Waals surface area contributed by atoms with Crippen molar-refractivity contribution in [3.8, 4) is 0 Å². The molecule has 2 nitrogen and oxygen atoms in total. The van der Waals surface area contributed by atoms with E-state index in [1.54, 1.807) is 7.11 Å². The van der Waals surface area contributed by atoms with Crippen LogP contribution in [0.4, 0.5) is 0 Å². The number of nitrogens with one attached hydrogen (secondary N) is 1. The molecule has 0 amide bonds. The quantitative estimate of drug-likeness (QED) is 0.652. The molecule has 14 heavy (non-hydrogen) atoms. The summed E-state index contributed by atoms with van der Waals surface area (Å²) < 4.78 is 5.29. The molecule has 0 aromatic heterocycles. The average molecular weight is 201 g/mol. The summed E-state index contributed by atoms with van der Waals surface area (Å²) >= 11 is 0. The molecule has 0 radical (unpaired) electrons. The van der Waals surface area contributed by atoms with E-state index in [9.17, 15) is 0 Å². The molecule has 2 atom stereocenters. The van der Waals surface area contributed by atoms with Crippen LogP contribution in [0.15, 0.2) is 0 Å². The van der Waals surface area contributed by atoms with E-state index in [1.807, 2.05) is 0 Å². The Balaban J connectivity index is 4.11. The van der Waals surface area contributed by atoms with E-state index in [-0.39, 0.29) is 0 Å². The van der Waals surface area contributed by atoms with Gasteiger partial charge >= 0.3 is 0 Å². The minimum absolute atomic E-state index is 0.606. The molecule has 0 rings (SSSR count). The highest BCUT2D eigenvalue weighted by Gasteiger charge is 2.22. The van der Waals surface area contributed by atoms with E-state index < -0.39 is 0 Å². The molecule has 1 N–H and O–H groups in total. The molecular formula is C12H27NO. The Bertz CT molecular complexity index is 125. The van der Waals surface area contributed by atoms with Gasteiger partial charge in [-0.25, -0.2) is 0 Å². The Labute approximate surface area is 89.4 Å². The predicted molar refractivity (Wildman–Crippen MR) is 62.6 cm³/mol. The van der Waals surface area contributed by atoms with Crippen molar-refractivity contribution in [1.29, 1.82) is 0 Å². The zero-order valence-corrected chi connectivity index (χ0v) is 10.5. The topological polar surface area (TPSA) is 21.3 Å². The minimum Gasteiger partial charge on any atom is -0.384 e. The van der Waals surface area contributed by atoms with E-state index in [0.29, 0.717) is 17.9 Å². The molecular weight excluding hydrogens is 174 g/mol. The molecule has 2 heteroatoms. The zero-order chi connectivity index (χ0) is 11.0. The number of hydrogen-bond acceptors (Lipinski definition) is 2. The maximum atomic E-state index is 5.29. The second-order valence-corrected chi connectivity index (χ2v) is 4.33. The first-order chi connectivity index (χ1) is 6.67. The average Bonchev–Trinajstić information content (AvgIpc) is 2.17. The monoisotopic (exact) mass is 201 g/mol. The summed E-state index contributed by atoms with van der Waals surface area (Å²) in [5.74, 6) is 1.32. The number of methoxy groups -OCH3 is 1. The largest absolute Gasteiger partial charge is 0.384 e. The Morgan fingerprint density at radius 1 is 1.21 bits per heavy atom. The molecule has 0 aliphatic rings. The zero-order valence-electron chi connectivity index (χ0n) is 10.5. The lowest BCUT2D eigenvalue weighted by atomic mass is 9.87. The van der Waals surface area contributed by atoms with Crippen molar-refractivity contribution in [1.82, 2.24) is 5.32 Å². The summed E-state index contributed by atoms with van der Waals surface area (Å²) in [4.78, 5) is 0. The van der Waals surface area contributed by atoms with E-state index in [2.05, 4.69) is 33.0 Å². The van der Waals surface area contributed by atoms with Gasteiger partial charge in [-0.05, 0) is 31.2 Å². The normalized spacial score (nSPS) is 15.9. The second kappa shape index (κ2) is 8.25. The van der Waals surface area contributed by atoms with Crippen molar-refractivity contribution in [3.05, 3.63) is 0 Å². The summed E-state index contributed by atoms with van der Waals surface area (Å²) in [7, 11) is 1.79. The van der Waals surface area contributed by atoms with Crippen LogP contribution in [0.2, 0.25) is 0 Å². The van der Waals surface area contributed by atoms with Crippen molar-refractivity contribution < 1.29 is 4.74 Å². The summed E-state index contributed by atoms with van der Waals surface area (Å²) in [6, 6.07) is 0.606. The molecule has 0 aliphatic carbocycles. The van der Waals surface area contributed by atoms with Crippen molar-refractivity contribution in [2.24, 2.45) is 11.8 Å². The Hall–Kier alpha value is -0.0800. The Morgan fingerprint density at radius 2 is 1.86 bits per heavy atom. The van der Waals surface area contributed by atoms with Gasteiger partial charge in [0.25, 0.3) is 0 Å². The fourth-order valence-electron chi connectivity index (χ4n) is 1.89. The van der Waals surface area contributed by atoms with Gasteiger partial charge in [0.2, 0.25) is 0 Å². The second-order valence-electron chi connectivity index (χ2n) is 4.33. The van der Waals surface area contributed by atoms with E-state index in [0.717, 1.165) is 13.2 Å². The van der Waals surface area contributed by atoms with E-state index in [1.165, 1.54) is 12.8 Å².